The van der Waals surface area contributed by atoms with Crippen molar-refractivity contribution in [1.82, 2.24) is 0 Å². The van der Waals surface area contributed by atoms with Crippen molar-refractivity contribution in [3.63, 3.8) is 0 Å². The lowest BCUT2D eigenvalue weighted by atomic mass is 10.00. The standard InChI is InChI=1S/C13H18O4/c1-3-7-17-12(4-2)11-8-9(14)5-6-10(11)13(15)16/h5-6,8,12,14H,3-4,7H2,1-2H3,(H,15,16). The highest BCUT2D eigenvalue weighted by molar-refractivity contribution is 5.89. The molecule has 1 aromatic rings. The molecule has 17 heavy (non-hydrogen) atoms. The summed E-state index contributed by atoms with van der Waals surface area (Å²) in [6.07, 6.45) is 1.26. The predicted octanol–water partition coefficient (Wildman–Crippen LogP) is 2.97. The van der Waals surface area contributed by atoms with Gasteiger partial charge in [-0.25, -0.2) is 4.79 Å². The van der Waals surface area contributed by atoms with Gasteiger partial charge >= 0.3 is 5.97 Å². The molecule has 0 radical (unpaired) electrons. The zero-order valence-corrected chi connectivity index (χ0v) is 10.1. The number of aromatic hydroxyl groups is 1. The van der Waals surface area contributed by atoms with Crippen LogP contribution in [0.5, 0.6) is 5.75 Å². The molecule has 94 valence electrons. The van der Waals surface area contributed by atoms with E-state index in [2.05, 4.69) is 0 Å². The first-order valence-electron chi connectivity index (χ1n) is 5.77. The van der Waals surface area contributed by atoms with Gasteiger partial charge in [0.15, 0.2) is 0 Å². The Labute approximate surface area is 101 Å². The number of phenolic OH excluding ortho intramolecular Hbond substituents is 1. The van der Waals surface area contributed by atoms with Crippen LogP contribution in [-0.4, -0.2) is 22.8 Å². The van der Waals surface area contributed by atoms with E-state index >= 15 is 0 Å². The largest absolute Gasteiger partial charge is 0.508 e. The fraction of sp³-hybridized carbons (Fsp3) is 0.462. The zero-order valence-electron chi connectivity index (χ0n) is 10.1. The number of ether oxygens (including phenoxy) is 1. The molecule has 4 heteroatoms. The van der Waals surface area contributed by atoms with Gasteiger partial charge in [-0.1, -0.05) is 13.8 Å². The second-order valence-electron chi connectivity index (χ2n) is 3.84. The number of benzene rings is 1. The van der Waals surface area contributed by atoms with E-state index in [0.29, 0.717) is 18.6 Å². The molecule has 0 aromatic heterocycles. The number of hydrogen-bond donors (Lipinski definition) is 2. The predicted molar refractivity (Wildman–Crippen MR) is 64.3 cm³/mol. The molecule has 1 unspecified atom stereocenters. The topological polar surface area (TPSA) is 66.8 Å². The highest BCUT2D eigenvalue weighted by Gasteiger charge is 2.18. The Morgan fingerprint density at radius 2 is 2.12 bits per heavy atom. The zero-order chi connectivity index (χ0) is 12.8. The highest BCUT2D eigenvalue weighted by Crippen LogP contribution is 2.28. The van der Waals surface area contributed by atoms with E-state index < -0.39 is 5.97 Å². The van der Waals surface area contributed by atoms with Gasteiger partial charge in [-0.2, -0.15) is 0 Å². The third kappa shape index (κ3) is 3.46. The van der Waals surface area contributed by atoms with Crippen molar-refractivity contribution in [2.45, 2.75) is 32.8 Å². The van der Waals surface area contributed by atoms with Gasteiger partial charge in [-0.05, 0) is 36.6 Å². The molecule has 0 bridgehead atoms. The van der Waals surface area contributed by atoms with Crippen LogP contribution in [0.1, 0.15) is 48.7 Å². The second-order valence-corrected chi connectivity index (χ2v) is 3.84. The SMILES string of the molecule is CCCOC(CC)c1cc(O)ccc1C(=O)O. The molecule has 0 heterocycles. The molecular weight excluding hydrogens is 220 g/mol. The summed E-state index contributed by atoms with van der Waals surface area (Å²) < 4.78 is 5.60. The fourth-order valence-electron chi connectivity index (χ4n) is 1.70. The molecular formula is C13H18O4. The molecule has 0 spiro atoms. The monoisotopic (exact) mass is 238 g/mol. The van der Waals surface area contributed by atoms with Crippen LogP contribution >= 0.6 is 0 Å². The van der Waals surface area contributed by atoms with E-state index in [0.717, 1.165) is 6.42 Å². The average molecular weight is 238 g/mol. The Hall–Kier alpha value is -1.55. The summed E-state index contributed by atoms with van der Waals surface area (Å²) >= 11 is 0. The van der Waals surface area contributed by atoms with Gasteiger partial charge in [-0.3, -0.25) is 0 Å². The Kier molecular flexibility index (Phi) is 4.97. The molecule has 0 aliphatic rings. The molecule has 0 amide bonds. The van der Waals surface area contributed by atoms with Crippen molar-refractivity contribution in [3.8, 4) is 5.75 Å². The summed E-state index contributed by atoms with van der Waals surface area (Å²) in [5.74, 6) is -0.943. The lowest BCUT2D eigenvalue weighted by molar-refractivity contribution is 0.0475. The molecule has 4 nitrogen and oxygen atoms in total. The van der Waals surface area contributed by atoms with Gasteiger partial charge in [-0.15, -0.1) is 0 Å². The lowest BCUT2D eigenvalue weighted by Crippen LogP contribution is -2.10. The summed E-state index contributed by atoms with van der Waals surface area (Å²) in [6, 6.07) is 4.25. The Morgan fingerprint density at radius 1 is 1.41 bits per heavy atom. The number of carboxylic acids is 1. The molecule has 0 saturated heterocycles. The third-order valence-corrected chi connectivity index (χ3v) is 2.51. The Bertz CT molecular complexity index is 387. The first-order valence-corrected chi connectivity index (χ1v) is 5.77. The van der Waals surface area contributed by atoms with Gasteiger partial charge in [0.1, 0.15) is 5.75 Å². The minimum absolute atomic E-state index is 0.0588. The van der Waals surface area contributed by atoms with Crippen LogP contribution in [0.25, 0.3) is 0 Å². The quantitative estimate of drug-likeness (QED) is 0.799. The van der Waals surface area contributed by atoms with Crippen LogP contribution in [0.15, 0.2) is 18.2 Å². The lowest BCUT2D eigenvalue weighted by Gasteiger charge is -2.18. The van der Waals surface area contributed by atoms with Crippen molar-refractivity contribution in [3.05, 3.63) is 29.3 Å². The van der Waals surface area contributed by atoms with Crippen molar-refractivity contribution < 1.29 is 19.7 Å². The van der Waals surface area contributed by atoms with Crippen LogP contribution in [0, 0.1) is 0 Å². The van der Waals surface area contributed by atoms with E-state index in [1.54, 1.807) is 0 Å². The number of carbonyl (C=O) groups is 1. The van der Waals surface area contributed by atoms with Gasteiger partial charge in [0.25, 0.3) is 0 Å². The molecule has 2 N–H and O–H groups in total. The molecule has 0 saturated carbocycles. The van der Waals surface area contributed by atoms with Crippen LogP contribution in [0.4, 0.5) is 0 Å². The summed E-state index contributed by atoms with van der Waals surface area (Å²) in [4.78, 5) is 11.1. The van der Waals surface area contributed by atoms with E-state index in [4.69, 9.17) is 9.84 Å². The number of rotatable bonds is 6. The first kappa shape index (κ1) is 13.5. The van der Waals surface area contributed by atoms with Gasteiger partial charge in [0.05, 0.1) is 11.7 Å². The smallest absolute Gasteiger partial charge is 0.336 e. The van der Waals surface area contributed by atoms with Crippen LogP contribution in [-0.2, 0) is 4.74 Å². The van der Waals surface area contributed by atoms with E-state index in [9.17, 15) is 9.90 Å². The van der Waals surface area contributed by atoms with Crippen molar-refractivity contribution >= 4 is 5.97 Å². The Morgan fingerprint density at radius 3 is 2.65 bits per heavy atom. The minimum Gasteiger partial charge on any atom is -0.508 e. The van der Waals surface area contributed by atoms with Crippen molar-refractivity contribution in [2.75, 3.05) is 6.61 Å². The molecule has 0 aliphatic carbocycles. The number of aromatic carboxylic acids is 1. The fourth-order valence-corrected chi connectivity index (χ4v) is 1.70. The minimum atomic E-state index is -1.00. The van der Waals surface area contributed by atoms with Gasteiger partial charge < -0.3 is 14.9 Å². The van der Waals surface area contributed by atoms with Gasteiger partial charge in [0, 0.05) is 6.61 Å². The summed E-state index contributed by atoms with van der Waals surface area (Å²) in [5.41, 5.74) is 0.721. The normalized spacial score (nSPS) is 12.4. The molecule has 0 aliphatic heterocycles. The first-order chi connectivity index (χ1) is 8.10. The molecule has 0 fully saturated rings. The molecule has 1 aromatic carbocycles. The van der Waals surface area contributed by atoms with E-state index in [-0.39, 0.29) is 17.4 Å². The number of phenols is 1. The molecule has 1 rings (SSSR count). The average Bonchev–Trinajstić information content (AvgIpc) is 2.29. The summed E-state index contributed by atoms with van der Waals surface area (Å²) in [7, 11) is 0. The van der Waals surface area contributed by atoms with Crippen LogP contribution in [0.2, 0.25) is 0 Å². The van der Waals surface area contributed by atoms with Crippen molar-refractivity contribution in [1.29, 1.82) is 0 Å². The van der Waals surface area contributed by atoms with Crippen molar-refractivity contribution in [2.24, 2.45) is 0 Å². The van der Waals surface area contributed by atoms with Crippen LogP contribution < -0.4 is 0 Å². The highest BCUT2D eigenvalue weighted by atomic mass is 16.5. The maximum Gasteiger partial charge on any atom is 0.336 e. The number of hydrogen-bond acceptors (Lipinski definition) is 3. The maximum absolute atomic E-state index is 11.1. The van der Waals surface area contributed by atoms with E-state index in [1.807, 2.05) is 13.8 Å². The second kappa shape index (κ2) is 6.25. The maximum atomic E-state index is 11.1. The third-order valence-electron chi connectivity index (χ3n) is 2.51. The Balaban J connectivity index is 3.06. The van der Waals surface area contributed by atoms with E-state index in [1.165, 1.54) is 18.2 Å². The molecule has 1 atom stereocenters. The summed E-state index contributed by atoms with van der Waals surface area (Å²) in [6.45, 7) is 4.50. The van der Waals surface area contributed by atoms with Crippen LogP contribution in [0.3, 0.4) is 0 Å². The summed E-state index contributed by atoms with van der Waals surface area (Å²) in [5, 5.41) is 18.5. The number of carboxylic acid groups (broad SMARTS) is 1. The van der Waals surface area contributed by atoms with Gasteiger partial charge in [0.2, 0.25) is 0 Å².